The summed E-state index contributed by atoms with van der Waals surface area (Å²) in [5.74, 6) is -0.0402. The van der Waals surface area contributed by atoms with Gasteiger partial charge in [-0.25, -0.2) is 0 Å². The third kappa shape index (κ3) is 2.82. The van der Waals surface area contributed by atoms with Crippen molar-refractivity contribution in [1.82, 2.24) is 0 Å². The van der Waals surface area contributed by atoms with Gasteiger partial charge < -0.3 is 5.32 Å². The zero-order chi connectivity index (χ0) is 13.3. The summed E-state index contributed by atoms with van der Waals surface area (Å²) < 4.78 is 1.03. The first-order valence-corrected chi connectivity index (χ1v) is 7.23. The molecule has 4 heteroatoms. The molecule has 0 unspecified atom stereocenters. The standard InChI is InChI=1S/C14H14BrNOS/c1-8-6-11(15)7-9(2)13(8)16-14(17)12-5-4-10(3)18-12/h4-7H,1-3H3,(H,16,17). The lowest BCUT2D eigenvalue weighted by molar-refractivity contribution is 0.103. The lowest BCUT2D eigenvalue weighted by atomic mass is 10.1. The second kappa shape index (κ2) is 5.24. The summed E-state index contributed by atoms with van der Waals surface area (Å²) in [4.78, 5) is 14.0. The molecule has 0 aliphatic carbocycles. The van der Waals surface area contributed by atoms with Gasteiger partial charge in [-0.15, -0.1) is 11.3 Å². The Hall–Kier alpha value is -1.13. The minimum absolute atomic E-state index is 0.0402. The van der Waals surface area contributed by atoms with E-state index in [1.165, 1.54) is 11.3 Å². The Labute approximate surface area is 119 Å². The minimum Gasteiger partial charge on any atom is -0.321 e. The molecule has 1 aromatic carbocycles. The van der Waals surface area contributed by atoms with Gasteiger partial charge in [-0.2, -0.15) is 0 Å². The van der Waals surface area contributed by atoms with Crippen LogP contribution in [0.4, 0.5) is 5.69 Å². The first-order chi connectivity index (χ1) is 8.47. The van der Waals surface area contributed by atoms with E-state index in [-0.39, 0.29) is 5.91 Å². The molecule has 0 aliphatic heterocycles. The maximum absolute atomic E-state index is 12.1. The molecule has 2 aromatic rings. The minimum atomic E-state index is -0.0402. The molecular formula is C14H14BrNOS. The number of halogens is 1. The molecule has 1 heterocycles. The summed E-state index contributed by atoms with van der Waals surface area (Å²) in [7, 11) is 0. The molecule has 0 spiro atoms. The summed E-state index contributed by atoms with van der Waals surface area (Å²) in [5.41, 5.74) is 3.02. The van der Waals surface area contributed by atoms with Crippen LogP contribution in [0.3, 0.4) is 0 Å². The van der Waals surface area contributed by atoms with Crippen molar-refractivity contribution in [3.63, 3.8) is 0 Å². The van der Waals surface area contributed by atoms with Crippen LogP contribution in [-0.2, 0) is 0 Å². The normalized spacial score (nSPS) is 10.4. The molecule has 18 heavy (non-hydrogen) atoms. The number of hydrogen-bond donors (Lipinski definition) is 1. The molecule has 1 amide bonds. The van der Waals surface area contributed by atoms with E-state index in [4.69, 9.17) is 0 Å². The number of rotatable bonds is 2. The summed E-state index contributed by atoms with van der Waals surface area (Å²) in [5, 5.41) is 2.99. The lowest BCUT2D eigenvalue weighted by Crippen LogP contribution is -2.12. The zero-order valence-corrected chi connectivity index (χ0v) is 12.9. The number of benzene rings is 1. The summed E-state index contributed by atoms with van der Waals surface area (Å²) in [6, 6.07) is 7.82. The lowest BCUT2D eigenvalue weighted by Gasteiger charge is -2.11. The Bertz CT molecular complexity index is 581. The fraction of sp³-hybridized carbons (Fsp3) is 0.214. The second-order valence-corrected chi connectivity index (χ2v) is 6.48. The fourth-order valence-corrected chi connectivity index (χ4v) is 3.29. The zero-order valence-electron chi connectivity index (χ0n) is 10.5. The predicted molar refractivity (Wildman–Crippen MR) is 80.6 cm³/mol. The van der Waals surface area contributed by atoms with Crippen molar-refractivity contribution >= 4 is 38.9 Å². The predicted octanol–water partition coefficient (Wildman–Crippen LogP) is 4.69. The van der Waals surface area contributed by atoms with Crippen molar-refractivity contribution in [3.05, 3.63) is 49.6 Å². The quantitative estimate of drug-likeness (QED) is 0.853. The Kier molecular flexibility index (Phi) is 3.88. The van der Waals surface area contributed by atoms with Gasteiger partial charge in [-0.05, 0) is 56.2 Å². The third-order valence-electron chi connectivity index (χ3n) is 2.70. The van der Waals surface area contributed by atoms with E-state index >= 15 is 0 Å². The Morgan fingerprint density at radius 1 is 1.17 bits per heavy atom. The van der Waals surface area contributed by atoms with Gasteiger partial charge in [0.1, 0.15) is 0 Å². The van der Waals surface area contributed by atoms with E-state index in [0.717, 1.165) is 31.0 Å². The summed E-state index contributed by atoms with van der Waals surface area (Å²) in [6.07, 6.45) is 0. The summed E-state index contributed by atoms with van der Waals surface area (Å²) >= 11 is 4.96. The number of carbonyl (C=O) groups is 1. The maximum atomic E-state index is 12.1. The van der Waals surface area contributed by atoms with Gasteiger partial charge in [0.25, 0.3) is 5.91 Å². The van der Waals surface area contributed by atoms with Crippen molar-refractivity contribution in [1.29, 1.82) is 0 Å². The molecular weight excluding hydrogens is 310 g/mol. The molecule has 0 saturated carbocycles. The molecule has 94 valence electrons. The number of aryl methyl sites for hydroxylation is 3. The topological polar surface area (TPSA) is 29.1 Å². The average Bonchev–Trinajstić information content (AvgIpc) is 2.70. The van der Waals surface area contributed by atoms with Crippen molar-refractivity contribution in [2.45, 2.75) is 20.8 Å². The second-order valence-electron chi connectivity index (χ2n) is 4.28. The van der Waals surface area contributed by atoms with Gasteiger partial charge in [0.2, 0.25) is 0 Å². The molecule has 1 aromatic heterocycles. The number of amides is 1. The van der Waals surface area contributed by atoms with Crippen LogP contribution in [-0.4, -0.2) is 5.91 Å². The highest BCUT2D eigenvalue weighted by atomic mass is 79.9. The number of anilines is 1. The number of thiophene rings is 1. The molecule has 0 atom stereocenters. The van der Waals surface area contributed by atoms with Crippen LogP contribution in [0.1, 0.15) is 25.7 Å². The molecule has 0 aliphatic rings. The van der Waals surface area contributed by atoms with E-state index < -0.39 is 0 Å². The first-order valence-electron chi connectivity index (χ1n) is 5.62. The van der Waals surface area contributed by atoms with Gasteiger partial charge in [-0.1, -0.05) is 15.9 Å². The van der Waals surface area contributed by atoms with Crippen LogP contribution >= 0.6 is 27.3 Å². The van der Waals surface area contributed by atoms with Crippen molar-refractivity contribution in [2.24, 2.45) is 0 Å². The Morgan fingerprint density at radius 2 is 1.78 bits per heavy atom. The highest BCUT2D eigenvalue weighted by Crippen LogP contribution is 2.26. The third-order valence-corrected chi connectivity index (χ3v) is 4.16. The van der Waals surface area contributed by atoms with E-state index in [2.05, 4.69) is 21.2 Å². The monoisotopic (exact) mass is 323 g/mol. The molecule has 0 saturated heterocycles. The van der Waals surface area contributed by atoms with Crippen LogP contribution in [0.2, 0.25) is 0 Å². The van der Waals surface area contributed by atoms with Crippen molar-refractivity contribution in [2.75, 3.05) is 5.32 Å². The summed E-state index contributed by atoms with van der Waals surface area (Å²) in [6.45, 7) is 5.98. The highest BCUT2D eigenvalue weighted by molar-refractivity contribution is 9.10. The number of nitrogens with one attached hydrogen (secondary N) is 1. The van der Waals surface area contributed by atoms with Gasteiger partial charge >= 0.3 is 0 Å². The van der Waals surface area contributed by atoms with Crippen LogP contribution in [0, 0.1) is 20.8 Å². The van der Waals surface area contributed by atoms with Gasteiger partial charge in [0, 0.05) is 15.0 Å². The average molecular weight is 324 g/mol. The number of carbonyl (C=O) groups excluding carboxylic acids is 1. The van der Waals surface area contributed by atoms with Crippen LogP contribution in [0.25, 0.3) is 0 Å². The van der Waals surface area contributed by atoms with E-state index in [9.17, 15) is 4.79 Å². The van der Waals surface area contributed by atoms with Gasteiger partial charge in [0.05, 0.1) is 4.88 Å². The molecule has 1 N–H and O–H groups in total. The Morgan fingerprint density at radius 3 is 2.28 bits per heavy atom. The molecule has 0 bridgehead atoms. The van der Waals surface area contributed by atoms with Crippen molar-refractivity contribution < 1.29 is 4.79 Å². The van der Waals surface area contributed by atoms with E-state index in [1.54, 1.807) is 0 Å². The molecule has 0 fully saturated rings. The van der Waals surface area contributed by atoms with Crippen LogP contribution in [0.15, 0.2) is 28.7 Å². The van der Waals surface area contributed by atoms with Crippen LogP contribution < -0.4 is 5.32 Å². The smallest absolute Gasteiger partial charge is 0.265 e. The fourth-order valence-electron chi connectivity index (χ4n) is 1.84. The van der Waals surface area contributed by atoms with E-state index in [0.29, 0.717) is 0 Å². The maximum Gasteiger partial charge on any atom is 0.265 e. The molecule has 2 rings (SSSR count). The van der Waals surface area contributed by atoms with Crippen molar-refractivity contribution in [3.8, 4) is 0 Å². The van der Waals surface area contributed by atoms with Gasteiger partial charge in [-0.3, -0.25) is 4.79 Å². The molecule has 0 radical (unpaired) electrons. The largest absolute Gasteiger partial charge is 0.321 e. The van der Waals surface area contributed by atoms with Gasteiger partial charge in [0.15, 0.2) is 0 Å². The first kappa shape index (κ1) is 13.3. The highest BCUT2D eigenvalue weighted by Gasteiger charge is 2.11. The van der Waals surface area contributed by atoms with Crippen LogP contribution in [0.5, 0.6) is 0 Å². The SMILES string of the molecule is Cc1ccc(C(=O)Nc2c(C)cc(Br)cc2C)s1. The Balaban J connectivity index is 2.27. The molecule has 2 nitrogen and oxygen atoms in total. The van der Waals surface area contributed by atoms with E-state index in [1.807, 2.05) is 45.0 Å². The number of hydrogen-bond acceptors (Lipinski definition) is 2.